The van der Waals surface area contributed by atoms with Crippen LogP contribution in [-0.2, 0) is 6.18 Å². The molecule has 1 heterocycles. The monoisotopic (exact) mass is 265 g/mol. The molecule has 0 unspecified atom stereocenters. The number of rotatable bonds is 2. The molecule has 0 amide bonds. The van der Waals surface area contributed by atoms with Gasteiger partial charge in [0.05, 0.1) is 5.56 Å². The number of nitrogens with one attached hydrogen (secondary N) is 1. The summed E-state index contributed by atoms with van der Waals surface area (Å²) in [6.07, 6.45) is -4.46. The number of benzene rings is 1. The van der Waals surface area contributed by atoms with Crippen LogP contribution in [0.25, 0.3) is 0 Å². The van der Waals surface area contributed by atoms with Gasteiger partial charge in [0.1, 0.15) is 11.4 Å². The Morgan fingerprint density at radius 1 is 1.35 bits per heavy atom. The van der Waals surface area contributed by atoms with Gasteiger partial charge in [-0.3, -0.25) is 0 Å². The van der Waals surface area contributed by atoms with E-state index in [1.165, 1.54) is 12.1 Å². The van der Waals surface area contributed by atoms with E-state index in [4.69, 9.17) is 16.3 Å². The van der Waals surface area contributed by atoms with E-state index in [9.17, 15) is 13.2 Å². The maximum Gasteiger partial charge on any atom is 0.420 e. The summed E-state index contributed by atoms with van der Waals surface area (Å²) in [5.74, 6) is -0.175. The van der Waals surface area contributed by atoms with Gasteiger partial charge in [0, 0.05) is 18.1 Å². The molecule has 1 saturated heterocycles. The molecule has 1 fully saturated rings. The first-order valence-electron chi connectivity index (χ1n) is 5.07. The van der Waals surface area contributed by atoms with Gasteiger partial charge >= 0.3 is 6.18 Å². The topological polar surface area (TPSA) is 21.3 Å². The van der Waals surface area contributed by atoms with Crippen LogP contribution in [0.4, 0.5) is 13.2 Å². The summed E-state index contributed by atoms with van der Waals surface area (Å²) in [4.78, 5) is 0. The minimum Gasteiger partial charge on any atom is -0.484 e. The molecule has 2 rings (SSSR count). The third-order valence-electron chi connectivity index (χ3n) is 2.60. The lowest BCUT2D eigenvalue weighted by Crippen LogP contribution is -2.61. The predicted octanol–water partition coefficient (Wildman–Crippen LogP) is 3.10. The molecule has 1 N–H and O–H groups in total. The van der Waals surface area contributed by atoms with Gasteiger partial charge in [-0.1, -0.05) is 11.6 Å². The molecule has 0 bridgehead atoms. The highest BCUT2D eigenvalue weighted by atomic mass is 35.5. The molecule has 0 aromatic heterocycles. The lowest BCUT2D eigenvalue weighted by molar-refractivity contribution is -0.140. The Morgan fingerprint density at radius 3 is 2.47 bits per heavy atom. The zero-order valence-corrected chi connectivity index (χ0v) is 9.82. The van der Waals surface area contributed by atoms with Gasteiger partial charge in [0.25, 0.3) is 0 Å². The average Bonchev–Trinajstić information content (AvgIpc) is 2.17. The van der Waals surface area contributed by atoms with Crippen LogP contribution in [0.15, 0.2) is 18.2 Å². The third-order valence-corrected chi connectivity index (χ3v) is 2.84. The fraction of sp³-hybridized carbons (Fsp3) is 0.455. The van der Waals surface area contributed by atoms with Crippen molar-refractivity contribution < 1.29 is 17.9 Å². The molecule has 1 aliphatic heterocycles. The fourth-order valence-corrected chi connectivity index (χ4v) is 1.80. The van der Waals surface area contributed by atoms with Gasteiger partial charge in [-0.2, -0.15) is 13.2 Å². The van der Waals surface area contributed by atoms with Crippen LogP contribution in [0.5, 0.6) is 5.75 Å². The number of hydrogen-bond donors (Lipinski definition) is 1. The van der Waals surface area contributed by atoms with Crippen molar-refractivity contribution in [1.82, 2.24) is 5.32 Å². The number of halogens is 4. The van der Waals surface area contributed by atoms with Crippen molar-refractivity contribution in [3.8, 4) is 5.75 Å². The van der Waals surface area contributed by atoms with E-state index in [0.29, 0.717) is 13.1 Å². The molecule has 6 heteroatoms. The maximum absolute atomic E-state index is 12.8. The summed E-state index contributed by atoms with van der Waals surface area (Å²) in [6, 6.07) is 3.53. The van der Waals surface area contributed by atoms with Crippen molar-refractivity contribution in [2.75, 3.05) is 13.1 Å². The summed E-state index contributed by atoms with van der Waals surface area (Å²) in [5.41, 5.74) is -1.41. The molecular weight excluding hydrogens is 255 g/mol. The molecule has 0 saturated carbocycles. The molecular formula is C11H11ClF3NO. The molecule has 1 aliphatic rings. The van der Waals surface area contributed by atoms with E-state index in [1.54, 1.807) is 6.92 Å². The van der Waals surface area contributed by atoms with Crippen molar-refractivity contribution in [2.24, 2.45) is 0 Å². The van der Waals surface area contributed by atoms with E-state index in [2.05, 4.69) is 5.32 Å². The minimum atomic E-state index is -4.46. The normalized spacial score (nSPS) is 18.6. The van der Waals surface area contributed by atoms with Crippen molar-refractivity contribution >= 4 is 11.6 Å². The van der Waals surface area contributed by atoms with Crippen molar-refractivity contribution in [1.29, 1.82) is 0 Å². The van der Waals surface area contributed by atoms with Crippen molar-refractivity contribution in [3.05, 3.63) is 28.8 Å². The smallest absolute Gasteiger partial charge is 0.420 e. The zero-order chi connectivity index (χ0) is 12.7. The van der Waals surface area contributed by atoms with Gasteiger partial charge in [-0.05, 0) is 25.1 Å². The lowest BCUT2D eigenvalue weighted by atomic mass is 9.99. The quantitative estimate of drug-likeness (QED) is 0.887. The van der Waals surface area contributed by atoms with Gasteiger partial charge < -0.3 is 10.1 Å². The van der Waals surface area contributed by atoms with E-state index < -0.39 is 17.3 Å². The Balaban J connectivity index is 2.33. The zero-order valence-electron chi connectivity index (χ0n) is 9.07. The highest BCUT2D eigenvalue weighted by Gasteiger charge is 2.39. The highest BCUT2D eigenvalue weighted by Crippen LogP contribution is 2.39. The Bertz CT molecular complexity index is 429. The third kappa shape index (κ3) is 2.66. The van der Waals surface area contributed by atoms with Gasteiger partial charge in [-0.25, -0.2) is 0 Å². The molecule has 0 aliphatic carbocycles. The van der Waals surface area contributed by atoms with Crippen LogP contribution in [0.2, 0.25) is 5.02 Å². The van der Waals surface area contributed by atoms with Gasteiger partial charge in [0.2, 0.25) is 0 Å². The van der Waals surface area contributed by atoms with Gasteiger partial charge in [-0.15, -0.1) is 0 Å². The fourth-order valence-electron chi connectivity index (χ4n) is 1.63. The van der Waals surface area contributed by atoms with Crippen LogP contribution in [0, 0.1) is 0 Å². The van der Waals surface area contributed by atoms with Gasteiger partial charge in [0.15, 0.2) is 0 Å². The Morgan fingerprint density at radius 2 is 2.00 bits per heavy atom. The second kappa shape index (κ2) is 4.07. The standard InChI is InChI=1S/C11H11ClF3NO/c1-10(5-16-6-10)17-9-3-2-7(12)4-8(9)11(13,14)15/h2-4,16H,5-6H2,1H3. The predicted molar refractivity (Wildman–Crippen MR) is 58.4 cm³/mol. The second-order valence-corrected chi connectivity index (χ2v) is 4.73. The summed E-state index contributed by atoms with van der Waals surface area (Å²) in [7, 11) is 0. The van der Waals surface area contributed by atoms with Crippen molar-refractivity contribution in [2.45, 2.75) is 18.7 Å². The van der Waals surface area contributed by atoms with E-state index >= 15 is 0 Å². The summed E-state index contributed by atoms with van der Waals surface area (Å²) in [5, 5.41) is 3.00. The molecule has 0 spiro atoms. The second-order valence-electron chi connectivity index (χ2n) is 4.29. The molecule has 2 nitrogen and oxygen atoms in total. The van der Waals surface area contributed by atoms with Crippen LogP contribution in [-0.4, -0.2) is 18.7 Å². The highest BCUT2D eigenvalue weighted by molar-refractivity contribution is 6.30. The Hall–Kier alpha value is -0.940. The Labute approximate surface area is 102 Å². The molecule has 0 atom stereocenters. The first-order chi connectivity index (χ1) is 7.80. The number of hydrogen-bond acceptors (Lipinski definition) is 2. The van der Waals surface area contributed by atoms with E-state index in [1.807, 2.05) is 0 Å². The summed E-state index contributed by atoms with van der Waals surface area (Å²) in [6.45, 7) is 2.83. The van der Waals surface area contributed by atoms with Crippen LogP contribution in [0.3, 0.4) is 0 Å². The Kier molecular flexibility index (Phi) is 2.99. The van der Waals surface area contributed by atoms with E-state index in [-0.39, 0.29) is 10.8 Å². The molecule has 1 aromatic carbocycles. The number of ether oxygens (including phenoxy) is 1. The molecule has 0 radical (unpaired) electrons. The summed E-state index contributed by atoms with van der Waals surface area (Å²) < 4.78 is 43.7. The maximum atomic E-state index is 12.8. The SMILES string of the molecule is CC1(Oc2ccc(Cl)cc2C(F)(F)F)CNC1. The minimum absolute atomic E-state index is 0.0431. The first-order valence-corrected chi connectivity index (χ1v) is 5.44. The van der Waals surface area contributed by atoms with Crippen molar-refractivity contribution in [3.63, 3.8) is 0 Å². The number of alkyl halides is 3. The first kappa shape index (κ1) is 12.5. The average molecular weight is 266 g/mol. The lowest BCUT2D eigenvalue weighted by Gasteiger charge is -2.39. The van der Waals surface area contributed by atoms with Crippen LogP contribution >= 0.6 is 11.6 Å². The molecule has 17 heavy (non-hydrogen) atoms. The molecule has 94 valence electrons. The van der Waals surface area contributed by atoms with E-state index in [0.717, 1.165) is 6.07 Å². The molecule has 1 aromatic rings. The largest absolute Gasteiger partial charge is 0.484 e. The van der Waals surface area contributed by atoms with Crippen LogP contribution in [0.1, 0.15) is 12.5 Å². The van der Waals surface area contributed by atoms with Crippen LogP contribution < -0.4 is 10.1 Å². The summed E-state index contributed by atoms with van der Waals surface area (Å²) >= 11 is 5.57.